The van der Waals surface area contributed by atoms with Crippen LogP contribution in [-0.4, -0.2) is 26.1 Å². The first-order valence-corrected chi connectivity index (χ1v) is 8.11. The molecule has 1 aliphatic rings. The Balaban J connectivity index is 2.04. The second kappa shape index (κ2) is 5.00. The maximum Gasteiger partial charge on any atom is 0.192 e. The van der Waals surface area contributed by atoms with Gasteiger partial charge in [-0.15, -0.1) is 0 Å². The Labute approximate surface area is 123 Å². The van der Waals surface area contributed by atoms with Crippen LogP contribution in [0, 0.1) is 6.92 Å². The third-order valence-corrected chi connectivity index (χ3v) is 5.56. The summed E-state index contributed by atoms with van der Waals surface area (Å²) in [4.78, 5) is 12.7. The highest BCUT2D eigenvalue weighted by Crippen LogP contribution is 2.30. The van der Waals surface area contributed by atoms with Crippen LogP contribution in [-0.2, 0) is 9.84 Å². The van der Waals surface area contributed by atoms with Gasteiger partial charge in [0.1, 0.15) is 12.4 Å². The molecule has 0 fully saturated rings. The molecule has 0 aromatic heterocycles. The van der Waals surface area contributed by atoms with E-state index in [1.807, 2.05) is 13.0 Å². The molecule has 1 heterocycles. The Kier molecular flexibility index (Phi) is 3.29. The number of sulfone groups is 1. The lowest BCUT2D eigenvalue weighted by atomic mass is 10.0. The Hall–Kier alpha value is -2.14. The number of fused-ring (bicyclic) bond motifs is 1. The van der Waals surface area contributed by atoms with E-state index in [0.717, 1.165) is 5.56 Å². The van der Waals surface area contributed by atoms with Crippen molar-refractivity contribution in [3.8, 4) is 5.75 Å². The molecule has 3 rings (SSSR count). The molecule has 4 nitrogen and oxygen atoms in total. The zero-order chi connectivity index (χ0) is 15.0. The van der Waals surface area contributed by atoms with E-state index in [1.54, 1.807) is 30.3 Å². The molecule has 0 amide bonds. The summed E-state index contributed by atoms with van der Waals surface area (Å²) in [6.45, 7) is 1.70. The zero-order valence-electron chi connectivity index (χ0n) is 11.4. The number of aryl methyl sites for hydroxylation is 1. The van der Waals surface area contributed by atoms with Crippen LogP contribution in [0.4, 0.5) is 0 Å². The standard InChI is InChI=1S/C16H14O4S/c1-11-7-8-14-13(9-11)16(17)15(10-20-14)21(18,19)12-5-3-2-4-6-12/h2-9,15H,10H2,1H3. The van der Waals surface area contributed by atoms with E-state index in [1.165, 1.54) is 12.1 Å². The summed E-state index contributed by atoms with van der Waals surface area (Å²) in [5, 5.41) is -1.19. The molecule has 0 N–H and O–H groups in total. The molecule has 5 heteroatoms. The summed E-state index contributed by atoms with van der Waals surface area (Å²) in [6, 6.07) is 13.2. The molecule has 0 saturated carbocycles. The number of carbonyl (C=O) groups is 1. The molecule has 0 bridgehead atoms. The van der Waals surface area contributed by atoms with E-state index < -0.39 is 20.9 Å². The number of hydrogen-bond acceptors (Lipinski definition) is 4. The maximum atomic E-state index is 12.6. The van der Waals surface area contributed by atoms with E-state index in [2.05, 4.69) is 0 Å². The number of carbonyl (C=O) groups excluding carboxylic acids is 1. The molecule has 0 aliphatic carbocycles. The fourth-order valence-electron chi connectivity index (χ4n) is 2.38. The Morgan fingerprint density at radius 3 is 2.52 bits per heavy atom. The molecule has 0 radical (unpaired) electrons. The summed E-state index contributed by atoms with van der Waals surface area (Å²) in [5.41, 5.74) is 1.23. The Morgan fingerprint density at radius 1 is 1.10 bits per heavy atom. The Bertz CT molecular complexity index is 794. The van der Waals surface area contributed by atoms with Gasteiger partial charge in [0, 0.05) is 0 Å². The number of ketones is 1. The number of rotatable bonds is 2. The highest BCUT2D eigenvalue weighted by molar-refractivity contribution is 7.92. The minimum Gasteiger partial charge on any atom is -0.491 e. The lowest BCUT2D eigenvalue weighted by Gasteiger charge is -2.24. The number of benzene rings is 2. The van der Waals surface area contributed by atoms with Crippen molar-refractivity contribution in [1.82, 2.24) is 0 Å². The topological polar surface area (TPSA) is 60.4 Å². The molecular formula is C16H14O4S. The molecule has 2 aromatic rings. The van der Waals surface area contributed by atoms with Crippen LogP contribution in [0.2, 0.25) is 0 Å². The van der Waals surface area contributed by atoms with E-state index in [0.29, 0.717) is 11.3 Å². The van der Waals surface area contributed by atoms with Gasteiger partial charge in [-0.3, -0.25) is 4.79 Å². The van der Waals surface area contributed by atoms with Gasteiger partial charge in [0.15, 0.2) is 20.9 Å². The fraction of sp³-hybridized carbons (Fsp3) is 0.188. The SMILES string of the molecule is Cc1ccc2c(c1)C(=O)C(S(=O)(=O)c1ccccc1)CO2. The molecule has 2 aromatic carbocycles. The monoisotopic (exact) mass is 302 g/mol. The van der Waals surface area contributed by atoms with Crippen LogP contribution >= 0.6 is 0 Å². The maximum absolute atomic E-state index is 12.6. The molecule has 0 saturated heterocycles. The van der Waals surface area contributed by atoms with Crippen molar-refractivity contribution in [3.63, 3.8) is 0 Å². The number of Topliss-reactive ketones (excluding diaryl/α,β-unsaturated/α-hetero) is 1. The van der Waals surface area contributed by atoms with Crippen molar-refractivity contribution in [2.45, 2.75) is 17.1 Å². The van der Waals surface area contributed by atoms with E-state index in [9.17, 15) is 13.2 Å². The fourth-order valence-corrected chi connectivity index (χ4v) is 3.90. The third-order valence-electron chi connectivity index (χ3n) is 3.53. The number of hydrogen-bond donors (Lipinski definition) is 0. The van der Waals surface area contributed by atoms with Gasteiger partial charge in [-0.25, -0.2) is 8.42 Å². The molecule has 21 heavy (non-hydrogen) atoms. The van der Waals surface area contributed by atoms with Crippen molar-refractivity contribution in [3.05, 3.63) is 59.7 Å². The molecule has 1 aliphatic heterocycles. The van der Waals surface area contributed by atoms with Crippen molar-refractivity contribution in [2.24, 2.45) is 0 Å². The molecule has 1 unspecified atom stereocenters. The van der Waals surface area contributed by atoms with Crippen molar-refractivity contribution < 1.29 is 17.9 Å². The van der Waals surface area contributed by atoms with Crippen LogP contribution in [0.1, 0.15) is 15.9 Å². The van der Waals surface area contributed by atoms with Crippen molar-refractivity contribution >= 4 is 15.6 Å². The minimum absolute atomic E-state index is 0.142. The lowest BCUT2D eigenvalue weighted by molar-refractivity contribution is 0.0938. The molecule has 1 atom stereocenters. The van der Waals surface area contributed by atoms with Gasteiger partial charge in [0.05, 0.1) is 10.5 Å². The third kappa shape index (κ3) is 2.34. The van der Waals surface area contributed by atoms with Crippen LogP contribution in [0.25, 0.3) is 0 Å². The van der Waals surface area contributed by atoms with Crippen LogP contribution < -0.4 is 4.74 Å². The predicted molar refractivity (Wildman–Crippen MR) is 78.4 cm³/mol. The summed E-state index contributed by atoms with van der Waals surface area (Å²) >= 11 is 0. The van der Waals surface area contributed by atoms with Crippen LogP contribution in [0.3, 0.4) is 0 Å². The first kappa shape index (κ1) is 13.8. The van der Waals surface area contributed by atoms with Gasteiger partial charge in [-0.2, -0.15) is 0 Å². The average molecular weight is 302 g/mol. The van der Waals surface area contributed by atoms with Gasteiger partial charge < -0.3 is 4.74 Å². The highest BCUT2D eigenvalue weighted by atomic mass is 32.2. The minimum atomic E-state index is -3.74. The molecular weight excluding hydrogens is 288 g/mol. The van der Waals surface area contributed by atoms with Gasteiger partial charge in [0.25, 0.3) is 0 Å². The summed E-state index contributed by atoms with van der Waals surface area (Å²) < 4.78 is 30.7. The first-order valence-electron chi connectivity index (χ1n) is 6.57. The summed E-state index contributed by atoms with van der Waals surface area (Å²) in [5.74, 6) is 0.0499. The largest absolute Gasteiger partial charge is 0.491 e. The van der Waals surface area contributed by atoms with Crippen molar-refractivity contribution in [1.29, 1.82) is 0 Å². The van der Waals surface area contributed by atoms with Gasteiger partial charge in [-0.05, 0) is 31.2 Å². The van der Waals surface area contributed by atoms with Crippen molar-refractivity contribution in [2.75, 3.05) is 6.61 Å². The second-order valence-electron chi connectivity index (χ2n) is 5.02. The van der Waals surface area contributed by atoms with Gasteiger partial charge in [-0.1, -0.05) is 29.8 Å². The zero-order valence-corrected chi connectivity index (χ0v) is 12.3. The van der Waals surface area contributed by atoms with E-state index >= 15 is 0 Å². The number of ether oxygens (including phenoxy) is 1. The van der Waals surface area contributed by atoms with Crippen LogP contribution in [0.5, 0.6) is 5.75 Å². The summed E-state index contributed by atoms with van der Waals surface area (Å²) in [6.07, 6.45) is 0. The normalized spacial score (nSPS) is 18.0. The Morgan fingerprint density at radius 2 is 1.81 bits per heavy atom. The summed E-state index contributed by atoms with van der Waals surface area (Å²) in [7, 11) is -3.74. The van der Waals surface area contributed by atoms with Crippen LogP contribution in [0.15, 0.2) is 53.4 Å². The molecule has 0 spiro atoms. The molecule has 108 valence electrons. The second-order valence-corrected chi connectivity index (χ2v) is 7.15. The quantitative estimate of drug-likeness (QED) is 0.854. The smallest absolute Gasteiger partial charge is 0.192 e. The van der Waals surface area contributed by atoms with Gasteiger partial charge >= 0.3 is 0 Å². The first-order chi connectivity index (χ1) is 10.00. The van der Waals surface area contributed by atoms with E-state index in [-0.39, 0.29) is 11.5 Å². The van der Waals surface area contributed by atoms with Gasteiger partial charge in [0.2, 0.25) is 0 Å². The average Bonchev–Trinajstić information content (AvgIpc) is 2.49. The van der Waals surface area contributed by atoms with E-state index in [4.69, 9.17) is 4.74 Å². The highest BCUT2D eigenvalue weighted by Gasteiger charge is 2.39. The lowest BCUT2D eigenvalue weighted by Crippen LogP contribution is -2.39. The predicted octanol–water partition coefficient (Wildman–Crippen LogP) is 2.41.